The number of carboxylic acid groups (broad SMARTS) is 1. The number of nitrogens with one attached hydrogen (secondary N) is 1. The highest BCUT2D eigenvalue weighted by Gasteiger charge is 2.10. The molecule has 9 nitrogen and oxygen atoms in total. The minimum Gasteiger partial charge on any atom is -0.481 e. The highest BCUT2D eigenvalue weighted by molar-refractivity contribution is 7.98. The van der Waals surface area contributed by atoms with Gasteiger partial charge in [0.1, 0.15) is 12.4 Å². The molecular formula is C16H18N4O5S. The summed E-state index contributed by atoms with van der Waals surface area (Å²) in [5.41, 5.74) is 1.53. The largest absolute Gasteiger partial charge is 0.481 e. The van der Waals surface area contributed by atoms with Crippen molar-refractivity contribution >= 4 is 35.0 Å². The number of anilines is 1. The molecule has 1 aromatic carbocycles. The fraction of sp³-hybridized carbons (Fsp3) is 0.312. The summed E-state index contributed by atoms with van der Waals surface area (Å²) in [6.45, 7) is 0.240. The number of hydrogen-bond acceptors (Lipinski definition) is 6. The molecule has 0 saturated carbocycles. The Bertz CT molecular complexity index is 792. The van der Waals surface area contributed by atoms with Gasteiger partial charge in [0, 0.05) is 30.2 Å². The van der Waals surface area contributed by atoms with Gasteiger partial charge in [-0.2, -0.15) is 16.9 Å². The van der Waals surface area contributed by atoms with E-state index >= 15 is 0 Å². The van der Waals surface area contributed by atoms with Crippen molar-refractivity contribution < 1.29 is 19.6 Å². The van der Waals surface area contributed by atoms with Gasteiger partial charge in [0.25, 0.3) is 0 Å². The number of amides is 1. The maximum atomic E-state index is 12.0. The van der Waals surface area contributed by atoms with E-state index in [1.54, 1.807) is 6.07 Å². The molecule has 0 unspecified atom stereocenters. The quantitative estimate of drug-likeness (QED) is 0.369. The monoisotopic (exact) mass is 378 g/mol. The lowest BCUT2D eigenvalue weighted by atomic mass is 10.2. The van der Waals surface area contributed by atoms with E-state index < -0.39 is 10.9 Å². The summed E-state index contributed by atoms with van der Waals surface area (Å²) >= 11 is 1.51. The lowest BCUT2D eigenvalue weighted by Crippen LogP contribution is -2.14. The zero-order chi connectivity index (χ0) is 18.9. The first-order chi connectivity index (χ1) is 12.4. The van der Waals surface area contributed by atoms with E-state index in [4.69, 9.17) is 5.11 Å². The standard InChI is InChI=1S/C16H18N4O5S/c21-15(4-6-19-10-14(9-17-19)20(24)25)18-13-3-1-2-12(8-13)11-26-7-5-16(22)23/h1-3,8-10H,4-7,11H2,(H,18,21)(H,22,23). The second kappa shape index (κ2) is 9.56. The van der Waals surface area contributed by atoms with Gasteiger partial charge < -0.3 is 10.4 Å². The molecule has 0 radical (unpaired) electrons. The van der Waals surface area contributed by atoms with Gasteiger partial charge in [-0.05, 0) is 17.7 Å². The molecule has 0 aliphatic rings. The van der Waals surface area contributed by atoms with Crippen LogP contribution in [0.25, 0.3) is 0 Å². The highest BCUT2D eigenvalue weighted by atomic mass is 32.2. The summed E-state index contributed by atoms with van der Waals surface area (Å²) in [6, 6.07) is 7.33. The normalized spacial score (nSPS) is 10.5. The van der Waals surface area contributed by atoms with Crippen molar-refractivity contribution in [2.75, 3.05) is 11.1 Å². The molecular weight excluding hydrogens is 360 g/mol. The zero-order valence-electron chi connectivity index (χ0n) is 13.8. The van der Waals surface area contributed by atoms with Crippen LogP contribution in [0.5, 0.6) is 0 Å². The number of thioether (sulfide) groups is 1. The summed E-state index contributed by atoms with van der Waals surface area (Å²) in [5.74, 6) is 0.149. The Morgan fingerprint density at radius 1 is 1.35 bits per heavy atom. The van der Waals surface area contributed by atoms with Crippen molar-refractivity contribution in [1.82, 2.24) is 9.78 Å². The Hall–Kier alpha value is -2.88. The average molecular weight is 378 g/mol. The highest BCUT2D eigenvalue weighted by Crippen LogP contribution is 2.17. The van der Waals surface area contributed by atoms with Gasteiger partial charge in [-0.3, -0.25) is 24.4 Å². The van der Waals surface area contributed by atoms with Crippen LogP contribution in [0.3, 0.4) is 0 Å². The van der Waals surface area contributed by atoms with Crippen LogP contribution in [0.1, 0.15) is 18.4 Å². The lowest BCUT2D eigenvalue weighted by Gasteiger charge is -2.07. The summed E-state index contributed by atoms with van der Waals surface area (Å²) < 4.78 is 1.35. The van der Waals surface area contributed by atoms with Gasteiger partial charge in [-0.1, -0.05) is 12.1 Å². The third kappa shape index (κ3) is 6.55. The van der Waals surface area contributed by atoms with E-state index in [-0.39, 0.29) is 31.0 Å². The van der Waals surface area contributed by atoms with Crippen LogP contribution in [0.4, 0.5) is 11.4 Å². The molecule has 1 aromatic heterocycles. The van der Waals surface area contributed by atoms with Gasteiger partial charge in [-0.15, -0.1) is 0 Å². The number of aliphatic carboxylic acids is 1. The maximum Gasteiger partial charge on any atom is 0.306 e. The SMILES string of the molecule is O=C(O)CCSCc1cccc(NC(=O)CCn2cc([N+](=O)[O-])cn2)c1. The molecule has 2 aromatic rings. The van der Waals surface area contributed by atoms with Gasteiger partial charge in [0.2, 0.25) is 5.91 Å². The summed E-state index contributed by atoms with van der Waals surface area (Å²) in [5, 5.41) is 25.8. The Labute approximate surface area is 153 Å². The maximum absolute atomic E-state index is 12.0. The van der Waals surface area contributed by atoms with E-state index in [1.807, 2.05) is 18.2 Å². The molecule has 2 rings (SSSR count). The fourth-order valence-corrected chi connectivity index (χ4v) is 2.98. The molecule has 0 spiro atoms. The average Bonchev–Trinajstić information content (AvgIpc) is 3.06. The third-order valence-corrected chi connectivity index (χ3v) is 4.37. The second-order valence-electron chi connectivity index (χ2n) is 5.41. The Balaban J connectivity index is 1.79. The Kier molecular flexibility index (Phi) is 7.15. The minimum absolute atomic E-state index is 0.112. The predicted molar refractivity (Wildman–Crippen MR) is 97.0 cm³/mol. The molecule has 0 aliphatic heterocycles. The molecule has 0 fully saturated rings. The van der Waals surface area contributed by atoms with Crippen LogP contribution in [-0.4, -0.2) is 37.4 Å². The molecule has 10 heteroatoms. The van der Waals surface area contributed by atoms with Gasteiger partial charge in [0.15, 0.2) is 0 Å². The summed E-state index contributed by atoms with van der Waals surface area (Å²) in [4.78, 5) is 32.6. The number of aryl methyl sites for hydroxylation is 1. The number of rotatable bonds is 10. The molecule has 1 heterocycles. The number of carbonyl (C=O) groups excluding carboxylic acids is 1. The lowest BCUT2D eigenvalue weighted by molar-refractivity contribution is -0.385. The van der Waals surface area contributed by atoms with Crippen LogP contribution < -0.4 is 5.32 Å². The van der Waals surface area contributed by atoms with Crippen LogP contribution in [0.15, 0.2) is 36.7 Å². The van der Waals surface area contributed by atoms with E-state index in [1.165, 1.54) is 22.6 Å². The van der Waals surface area contributed by atoms with Gasteiger partial charge in [0.05, 0.1) is 11.3 Å². The number of nitrogens with zero attached hydrogens (tertiary/aromatic N) is 3. The first kappa shape index (κ1) is 19.4. The van der Waals surface area contributed by atoms with Crippen molar-refractivity contribution in [2.24, 2.45) is 0 Å². The fourth-order valence-electron chi connectivity index (χ4n) is 2.10. The number of carbonyl (C=O) groups is 2. The number of carboxylic acids is 1. The molecule has 2 N–H and O–H groups in total. The number of benzene rings is 1. The topological polar surface area (TPSA) is 127 Å². The molecule has 0 bridgehead atoms. The summed E-state index contributed by atoms with van der Waals surface area (Å²) in [6.07, 6.45) is 2.68. The smallest absolute Gasteiger partial charge is 0.306 e. The molecule has 26 heavy (non-hydrogen) atoms. The van der Waals surface area contributed by atoms with Crippen molar-refractivity contribution in [3.8, 4) is 0 Å². The molecule has 0 atom stereocenters. The Morgan fingerprint density at radius 3 is 2.85 bits per heavy atom. The van der Waals surface area contributed by atoms with Crippen molar-refractivity contribution in [2.45, 2.75) is 25.1 Å². The van der Waals surface area contributed by atoms with E-state index in [0.29, 0.717) is 17.2 Å². The van der Waals surface area contributed by atoms with Crippen molar-refractivity contribution in [3.63, 3.8) is 0 Å². The van der Waals surface area contributed by atoms with Crippen molar-refractivity contribution in [3.05, 3.63) is 52.3 Å². The Morgan fingerprint density at radius 2 is 2.15 bits per heavy atom. The predicted octanol–water partition coefficient (Wildman–Crippen LogP) is 2.53. The first-order valence-corrected chi connectivity index (χ1v) is 8.94. The third-order valence-electron chi connectivity index (χ3n) is 3.34. The minimum atomic E-state index is -0.818. The van der Waals surface area contributed by atoms with Crippen LogP contribution in [0.2, 0.25) is 0 Å². The molecule has 0 aliphatic carbocycles. The van der Waals surface area contributed by atoms with E-state index in [0.717, 1.165) is 11.8 Å². The van der Waals surface area contributed by atoms with Gasteiger partial charge in [-0.25, -0.2) is 0 Å². The van der Waals surface area contributed by atoms with Gasteiger partial charge >= 0.3 is 11.7 Å². The van der Waals surface area contributed by atoms with Crippen LogP contribution in [-0.2, 0) is 21.9 Å². The number of hydrogen-bond donors (Lipinski definition) is 2. The second-order valence-corrected chi connectivity index (χ2v) is 6.52. The molecule has 0 saturated heterocycles. The molecule has 138 valence electrons. The van der Waals surface area contributed by atoms with Crippen LogP contribution in [0, 0.1) is 10.1 Å². The number of nitro groups is 1. The summed E-state index contributed by atoms with van der Waals surface area (Å²) in [7, 11) is 0. The van der Waals surface area contributed by atoms with E-state index in [2.05, 4.69) is 10.4 Å². The van der Waals surface area contributed by atoms with Crippen LogP contribution >= 0.6 is 11.8 Å². The van der Waals surface area contributed by atoms with Crippen molar-refractivity contribution in [1.29, 1.82) is 0 Å². The molecule has 1 amide bonds. The first-order valence-electron chi connectivity index (χ1n) is 7.79. The number of aromatic nitrogens is 2. The van der Waals surface area contributed by atoms with E-state index in [9.17, 15) is 19.7 Å². The zero-order valence-corrected chi connectivity index (χ0v) is 14.6.